The molecule has 2 aromatic carbocycles. The van der Waals surface area contributed by atoms with Crippen LogP contribution in [0.4, 0.5) is 5.69 Å². The van der Waals surface area contributed by atoms with E-state index in [-0.39, 0.29) is 23.0 Å². The van der Waals surface area contributed by atoms with E-state index >= 15 is 0 Å². The van der Waals surface area contributed by atoms with Gasteiger partial charge in [0.15, 0.2) is 9.84 Å². The molecule has 122 valence electrons. The van der Waals surface area contributed by atoms with Crippen molar-refractivity contribution in [2.45, 2.75) is 25.2 Å². The first kappa shape index (κ1) is 17.7. The van der Waals surface area contributed by atoms with Gasteiger partial charge in [0.2, 0.25) is 5.91 Å². The van der Waals surface area contributed by atoms with Crippen molar-refractivity contribution in [1.29, 1.82) is 0 Å². The number of benzene rings is 2. The molecule has 0 aliphatic heterocycles. The third kappa shape index (κ3) is 4.91. The van der Waals surface area contributed by atoms with E-state index in [9.17, 15) is 13.2 Å². The summed E-state index contributed by atoms with van der Waals surface area (Å²) < 4.78 is 25.4. The van der Waals surface area contributed by atoms with Crippen molar-refractivity contribution in [1.82, 2.24) is 0 Å². The Kier molecular flexibility index (Phi) is 5.59. The molecule has 1 amide bonds. The zero-order valence-corrected chi connectivity index (χ0v) is 15.4. The van der Waals surface area contributed by atoms with Crippen LogP contribution in [0.1, 0.15) is 17.5 Å². The third-order valence-corrected chi connectivity index (χ3v) is 5.67. The second-order valence-corrected chi connectivity index (χ2v) is 8.41. The second-order valence-electron chi connectivity index (χ2n) is 5.39. The fourth-order valence-electron chi connectivity index (χ4n) is 2.07. The second kappa shape index (κ2) is 7.27. The molecule has 0 spiro atoms. The topological polar surface area (TPSA) is 63.2 Å². The number of rotatable bonds is 5. The normalized spacial score (nSPS) is 11.3. The van der Waals surface area contributed by atoms with E-state index in [0.29, 0.717) is 5.69 Å². The van der Waals surface area contributed by atoms with Gasteiger partial charge in [-0.05, 0) is 49.7 Å². The van der Waals surface area contributed by atoms with Crippen LogP contribution in [-0.2, 0) is 14.6 Å². The number of halogens is 1. The number of hydrogen-bond acceptors (Lipinski definition) is 3. The van der Waals surface area contributed by atoms with Gasteiger partial charge in [0.05, 0.1) is 10.6 Å². The molecule has 2 aromatic rings. The number of aryl methyl sites for hydroxylation is 2. The Morgan fingerprint density at radius 2 is 1.74 bits per heavy atom. The van der Waals surface area contributed by atoms with E-state index in [1.807, 2.05) is 26.0 Å². The molecule has 0 heterocycles. The lowest BCUT2D eigenvalue weighted by atomic mass is 10.2. The monoisotopic (exact) mass is 395 g/mol. The number of sulfone groups is 1. The zero-order valence-electron chi connectivity index (χ0n) is 13.0. The molecule has 0 atom stereocenters. The van der Waals surface area contributed by atoms with Crippen molar-refractivity contribution >= 4 is 37.4 Å². The summed E-state index contributed by atoms with van der Waals surface area (Å²) >= 11 is 3.36. The molecule has 0 fully saturated rings. The highest BCUT2D eigenvalue weighted by Crippen LogP contribution is 2.20. The predicted molar refractivity (Wildman–Crippen MR) is 95.4 cm³/mol. The Labute approximate surface area is 145 Å². The summed E-state index contributed by atoms with van der Waals surface area (Å²) in [6, 6.07) is 12.1. The van der Waals surface area contributed by atoms with Crippen LogP contribution in [0.3, 0.4) is 0 Å². The van der Waals surface area contributed by atoms with Crippen LogP contribution in [0.2, 0.25) is 0 Å². The average Bonchev–Trinajstić information content (AvgIpc) is 2.49. The molecule has 6 heteroatoms. The summed E-state index contributed by atoms with van der Waals surface area (Å²) in [4.78, 5) is 12.2. The molecule has 0 bridgehead atoms. The highest BCUT2D eigenvalue weighted by molar-refractivity contribution is 9.10. The van der Waals surface area contributed by atoms with Crippen molar-refractivity contribution in [2.24, 2.45) is 0 Å². The van der Waals surface area contributed by atoms with Crippen LogP contribution >= 0.6 is 15.9 Å². The molecule has 2 rings (SSSR count). The number of amides is 1. The molecule has 0 saturated carbocycles. The van der Waals surface area contributed by atoms with E-state index in [2.05, 4.69) is 21.2 Å². The predicted octanol–water partition coefficient (Wildman–Crippen LogP) is 3.87. The fourth-order valence-corrected chi connectivity index (χ4v) is 3.79. The Hall–Kier alpha value is -1.66. The maximum absolute atomic E-state index is 12.2. The number of nitrogens with one attached hydrogen (secondary N) is 1. The summed E-state index contributed by atoms with van der Waals surface area (Å²) in [7, 11) is -3.45. The minimum atomic E-state index is -3.45. The highest BCUT2D eigenvalue weighted by atomic mass is 79.9. The SMILES string of the molecule is Cc1ccc(S(=O)(=O)CCC(=O)Nc2ccc(Br)cc2C)cc1. The van der Waals surface area contributed by atoms with E-state index in [1.54, 1.807) is 30.3 Å². The first-order valence-corrected chi connectivity index (χ1v) is 9.58. The highest BCUT2D eigenvalue weighted by Gasteiger charge is 2.16. The molecule has 4 nitrogen and oxygen atoms in total. The number of hydrogen-bond donors (Lipinski definition) is 1. The molecular weight excluding hydrogens is 378 g/mol. The van der Waals surface area contributed by atoms with Crippen LogP contribution in [-0.4, -0.2) is 20.1 Å². The van der Waals surface area contributed by atoms with Crippen molar-refractivity contribution in [2.75, 3.05) is 11.1 Å². The quantitative estimate of drug-likeness (QED) is 0.835. The Balaban J connectivity index is 1.99. The van der Waals surface area contributed by atoms with E-state index in [1.165, 1.54) is 0 Å². The Morgan fingerprint density at radius 1 is 1.09 bits per heavy atom. The fraction of sp³-hybridized carbons (Fsp3) is 0.235. The lowest BCUT2D eigenvalue weighted by Crippen LogP contribution is -2.18. The van der Waals surface area contributed by atoms with Crippen LogP contribution in [0, 0.1) is 13.8 Å². The molecule has 23 heavy (non-hydrogen) atoms. The summed E-state index contributed by atoms with van der Waals surface area (Å²) in [6.45, 7) is 3.77. The lowest BCUT2D eigenvalue weighted by Gasteiger charge is -2.09. The minimum absolute atomic E-state index is 0.0777. The summed E-state index contributed by atoms with van der Waals surface area (Å²) in [5.41, 5.74) is 2.59. The standard InChI is InChI=1S/C17H18BrNO3S/c1-12-3-6-15(7-4-12)23(21,22)10-9-17(20)19-16-8-5-14(18)11-13(16)2/h3-8,11H,9-10H2,1-2H3,(H,19,20). The number of anilines is 1. The van der Waals surface area contributed by atoms with Gasteiger partial charge in [-0.2, -0.15) is 0 Å². The van der Waals surface area contributed by atoms with E-state index in [4.69, 9.17) is 0 Å². The lowest BCUT2D eigenvalue weighted by molar-refractivity contribution is -0.115. The summed E-state index contributed by atoms with van der Waals surface area (Å²) in [5, 5.41) is 2.75. The van der Waals surface area contributed by atoms with Crippen LogP contribution < -0.4 is 5.32 Å². The Morgan fingerprint density at radius 3 is 2.35 bits per heavy atom. The van der Waals surface area contributed by atoms with Gasteiger partial charge in [-0.25, -0.2) is 8.42 Å². The molecule has 0 aliphatic rings. The zero-order chi connectivity index (χ0) is 17.0. The number of carbonyl (C=O) groups is 1. The minimum Gasteiger partial charge on any atom is -0.326 e. The number of carbonyl (C=O) groups excluding carboxylic acids is 1. The molecule has 0 unspecified atom stereocenters. The van der Waals surface area contributed by atoms with Crippen LogP contribution in [0.25, 0.3) is 0 Å². The van der Waals surface area contributed by atoms with Gasteiger partial charge >= 0.3 is 0 Å². The smallest absolute Gasteiger partial charge is 0.225 e. The van der Waals surface area contributed by atoms with E-state index < -0.39 is 9.84 Å². The molecule has 0 radical (unpaired) electrons. The third-order valence-electron chi connectivity index (χ3n) is 3.44. The van der Waals surface area contributed by atoms with Crippen molar-refractivity contribution < 1.29 is 13.2 Å². The van der Waals surface area contributed by atoms with E-state index in [0.717, 1.165) is 15.6 Å². The summed E-state index contributed by atoms with van der Waals surface area (Å²) in [5.74, 6) is -0.525. The van der Waals surface area contributed by atoms with Gasteiger partial charge in [0.25, 0.3) is 0 Å². The van der Waals surface area contributed by atoms with Gasteiger partial charge in [-0.15, -0.1) is 0 Å². The first-order chi connectivity index (χ1) is 10.8. The van der Waals surface area contributed by atoms with Gasteiger partial charge in [0.1, 0.15) is 0 Å². The molecule has 1 N–H and O–H groups in total. The van der Waals surface area contributed by atoms with Gasteiger partial charge in [-0.3, -0.25) is 4.79 Å². The average molecular weight is 396 g/mol. The first-order valence-electron chi connectivity index (χ1n) is 7.13. The molecule has 0 saturated heterocycles. The van der Waals surface area contributed by atoms with Crippen LogP contribution in [0.5, 0.6) is 0 Å². The molecular formula is C17H18BrNO3S. The Bertz CT molecular complexity index is 814. The van der Waals surface area contributed by atoms with Crippen molar-refractivity contribution in [3.63, 3.8) is 0 Å². The maximum Gasteiger partial charge on any atom is 0.225 e. The van der Waals surface area contributed by atoms with Crippen molar-refractivity contribution in [3.8, 4) is 0 Å². The largest absolute Gasteiger partial charge is 0.326 e. The molecule has 0 aliphatic carbocycles. The van der Waals surface area contributed by atoms with Crippen molar-refractivity contribution in [3.05, 3.63) is 58.1 Å². The maximum atomic E-state index is 12.2. The van der Waals surface area contributed by atoms with Gasteiger partial charge in [-0.1, -0.05) is 33.6 Å². The van der Waals surface area contributed by atoms with Crippen LogP contribution in [0.15, 0.2) is 51.8 Å². The van der Waals surface area contributed by atoms with Gasteiger partial charge < -0.3 is 5.32 Å². The molecule has 0 aromatic heterocycles. The van der Waals surface area contributed by atoms with Gasteiger partial charge in [0, 0.05) is 16.6 Å². The summed E-state index contributed by atoms with van der Waals surface area (Å²) in [6.07, 6.45) is -0.0777.